The quantitative estimate of drug-likeness (QED) is 0.283. The van der Waals surface area contributed by atoms with Gasteiger partial charge in [0.1, 0.15) is 11.2 Å². The predicted molar refractivity (Wildman–Crippen MR) is 140 cm³/mol. The Bertz CT molecular complexity index is 1430. The van der Waals surface area contributed by atoms with Gasteiger partial charge in [0.25, 0.3) is 0 Å². The first-order valence-electron chi connectivity index (χ1n) is 11.8. The molecule has 0 fully saturated rings. The van der Waals surface area contributed by atoms with Gasteiger partial charge in [0.05, 0.1) is 5.69 Å². The van der Waals surface area contributed by atoms with Gasteiger partial charge in [-0.15, -0.1) is 0 Å². The second-order valence-electron chi connectivity index (χ2n) is 10.5. The first-order valence-corrected chi connectivity index (χ1v) is 11.8. The maximum absolute atomic E-state index is 6.46. The van der Waals surface area contributed by atoms with Crippen LogP contribution in [-0.2, 0) is 11.8 Å². The number of nitrogens with zero attached hydrogens (tertiary/aromatic N) is 1. The normalized spacial score (nSPS) is 12.2. The maximum Gasteiger partial charge on any atom is 0.144 e. The molecule has 0 radical (unpaired) electrons. The third kappa shape index (κ3) is 4.18. The van der Waals surface area contributed by atoms with Crippen molar-refractivity contribution in [3.8, 4) is 22.4 Å². The zero-order valence-electron chi connectivity index (χ0n) is 20.1. The topological polar surface area (TPSA) is 26.0 Å². The van der Waals surface area contributed by atoms with Crippen molar-refractivity contribution in [3.63, 3.8) is 0 Å². The molecule has 166 valence electrons. The number of furan rings is 1. The van der Waals surface area contributed by atoms with Crippen molar-refractivity contribution in [1.29, 1.82) is 0 Å². The Morgan fingerprint density at radius 2 is 1.58 bits per heavy atom. The van der Waals surface area contributed by atoms with E-state index in [0.29, 0.717) is 5.92 Å². The summed E-state index contributed by atoms with van der Waals surface area (Å²) < 4.78 is 6.46. The standard InChI is InChI=1S/C31H31NO/c1-20(2)17-21-15-16-32-28(18-21)27-8-6-7-26-25-14-11-23(19-29(25)33-30(26)27)22-9-12-24(13-10-22)31(3,4)5/h6-16,18-20H,17H2,1-5H3. The Hall–Kier alpha value is -3.39. The molecule has 0 bridgehead atoms. The minimum Gasteiger partial charge on any atom is -0.455 e. The zero-order chi connectivity index (χ0) is 23.2. The molecule has 0 saturated carbocycles. The summed E-state index contributed by atoms with van der Waals surface area (Å²) in [6, 6.07) is 26.1. The molecule has 33 heavy (non-hydrogen) atoms. The highest BCUT2D eigenvalue weighted by Crippen LogP contribution is 2.37. The van der Waals surface area contributed by atoms with E-state index in [0.717, 1.165) is 39.6 Å². The van der Waals surface area contributed by atoms with Crippen molar-refractivity contribution < 1.29 is 4.42 Å². The smallest absolute Gasteiger partial charge is 0.144 e. The summed E-state index contributed by atoms with van der Waals surface area (Å²) >= 11 is 0. The second-order valence-corrected chi connectivity index (χ2v) is 10.5. The molecule has 0 spiro atoms. The van der Waals surface area contributed by atoms with Gasteiger partial charge in [-0.2, -0.15) is 0 Å². The van der Waals surface area contributed by atoms with Crippen LogP contribution in [0.5, 0.6) is 0 Å². The van der Waals surface area contributed by atoms with E-state index < -0.39 is 0 Å². The van der Waals surface area contributed by atoms with Crippen LogP contribution in [0.3, 0.4) is 0 Å². The molecule has 5 rings (SSSR count). The molecule has 0 atom stereocenters. The van der Waals surface area contributed by atoms with Crippen molar-refractivity contribution in [3.05, 3.63) is 90.1 Å². The Balaban J connectivity index is 1.58. The number of pyridine rings is 1. The third-order valence-electron chi connectivity index (χ3n) is 6.33. The fourth-order valence-corrected chi connectivity index (χ4v) is 4.56. The summed E-state index contributed by atoms with van der Waals surface area (Å²) in [7, 11) is 0. The lowest BCUT2D eigenvalue weighted by Crippen LogP contribution is -2.10. The van der Waals surface area contributed by atoms with Crippen LogP contribution >= 0.6 is 0 Å². The molecule has 0 N–H and O–H groups in total. The average molecular weight is 434 g/mol. The van der Waals surface area contributed by atoms with Crippen LogP contribution in [0, 0.1) is 5.92 Å². The first-order chi connectivity index (χ1) is 15.8. The highest BCUT2D eigenvalue weighted by atomic mass is 16.3. The first kappa shape index (κ1) is 21.5. The molecule has 2 aromatic heterocycles. The lowest BCUT2D eigenvalue weighted by atomic mass is 9.86. The fraction of sp³-hybridized carbons (Fsp3) is 0.258. The monoisotopic (exact) mass is 433 g/mol. The summed E-state index contributed by atoms with van der Waals surface area (Å²) in [5, 5.41) is 2.27. The van der Waals surface area contributed by atoms with Gasteiger partial charge in [-0.1, -0.05) is 77.1 Å². The van der Waals surface area contributed by atoms with Crippen molar-refractivity contribution in [2.24, 2.45) is 5.92 Å². The summed E-state index contributed by atoms with van der Waals surface area (Å²) in [5.41, 5.74) is 9.00. The minimum atomic E-state index is 0.151. The number of aromatic nitrogens is 1. The number of rotatable bonds is 4. The third-order valence-corrected chi connectivity index (χ3v) is 6.33. The van der Waals surface area contributed by atoms with E-state index in [1.807, 2.05) is 6.20 Å². The molecular formula is C31H31NO. The van der Waals surface area contributed by atoms with Crippen LogP contribution in [0.15, 0.2) is 83.4 Å². The van der Waals surface area contributed by atoms with Crippen LogP contribution in [0.4, 0.5) is 0 Å². The molecule has 2 heterocycles. The van der Waals surface area contributed by atoms with Gasteiger partial charge in [0, 0.05) is 22.5 Å². The molecule has 0 aliphatic carbocycles. The lowest BCUT2D eigenvalue weighted by molar-refractivity contribution is 0.590. The van der Waals surface area contributed by atoms with E-state index in [1.165, 1.54) is 22.3 Å². The molecule has 3 aromatic carbocycles. The Labute approximate surface area is 196 Å². The number of hydrogen-bond donors (Lipinski definition) is 0. The summed E-state index contributed by atoms with van der Waals surface area (Å²) in [6.07, 6.45) is 2.96. The van der Waals surface area contributed by atoms with Crippen LogP contribution in [0.2, 0.25) is 0 Å². The number of para-hydroxylation sites is 1. The van der Waals surface area contributed by atoms with Gasteiger partial charge >= 0.3 is 0 Å². The average Bonchev–Trinajstić information content (AvgIpc) is 3.16. The maximum atomic E-state index is 6.46. The highest BCUT2D eigenvalue weighted by molar-refractivity contribution is 6.10. The molecule has 0 unspecified atom stereocenters. The second kappa shape index (κ2) is 8.19. The largest absolute Gasteiger partial charge is 0.455 e. The summed E-state index contributed by atoms with van der Waals surface area (Å²) in [5.74, 6) is 0.609. The van der Waals surface area contributed by atoms with Gasteiger partial charge in [0.15, 0.2) is 0 Å². The van der Waals surface area contributed by atoms with Crippen molar-refractivity contribution in [1.82, 2.24) is 4.98 Å². The van der Waals surface area contributed by atoms with Crippen LogP contribution in [-0.4, -0.2) is 4.98 Å². The summed E-state index contributed by atoms with van der Waals surface area (Å²) in [6.45, 7) is 11.2. The predicted octanol–water partition coefficient (Wildman–Crippen LogP) is 8.81. The summed E-state index contributed by atoms with van der Waals surface area (Å²) in [4.78, 5) is 4.67. The van der Waals surface area contributed by atoms with Gasteiger partial charge in [-0.3, -0.25) is 4.98 Å². The molecule has 2 heteroatoms. The van der Waals surface area contributed by atoms with E-state index in [9.17, 15) is 0 Å². The zero-order valence-corrected chi connectivity index (χ0v) is 20.1. The Kier molecular flexibility index (Phi) is 5.32. The molecule has 0 saturated heterocycles. The van der Waals surface area contributed by atoms with Crippen LogP contribution in [0.1, 0.15) is 45.7 Å². The molecule has 0 aliphatic heterocycles. The number of fused-ring (bicyclic) bond motifs is 3. The molecule has 5 aromatic rings. The molecule has 0 aliphatic rings. The van der Waals surface area contributed by atoms with E-state index in [1.54, 1.807) is 0 Å². The lowest BCUT2D eigenvalue weighted by Gasteiger charge is -2.19. The van der Waals surface area contributed by atoms with Gasteiger partial charge in [-0.25, -0.2) is 0 Å². The fourth-order valence-electron chi connectivity index (χ4n) is 4.56. The number of benzene rings is 3. The Morgan fingerprint density at radius 3 is 2.30 bits per heavy atom. The van der Waals surface area contributed by atoms with Crippen molar-refractivity contribution in [2.75, 3.05) is 0 Å². The molecular weight excluding hydrogens is 402 g/mol. The van der Waals surface area contributed by atoms with E-state index in [4.69, 9.17) is 4.42 Å². The SMILES string of the molecule is CC(C)Cc1ccnc(-c2cccc3c2oc2cc(-c4ccc(C(C)(C)C)cc4)ccc23)c1. The van der Waals surface area contributed by atoms with Gasteiger partial charge in [-0.05, 0) is 70.3 Å². The molecule has 2 nitrogen and oxygen atoms in total. The molecule has 0 amide bonds. The van der Waals surface area contributed by atoms with Crippen LogP contribution < -0.4 is 0 Å². The van der Waals surface area contributed by atoms with Crippen LogP contribution in [0.25, 0.3) is 44.3 Å². The Morgan fingerprint density at radius 1 is 0.818 bits per heavy atom. The van der Waals surface area contributed by atoms with Crippen molar-refractivity contribution in [2.45, 2.75) is 46.5 Å². The van der Waals surface area contributed by atoms with Gasteiger partial charge in [0.2, 0.25) is 0 Å². The number of hydrogen-bond acceptors (Lipinski definition) is 2. The van der Waals surface area contributed by atoms with E-state index in [-0.39, 0.29) is 5.41 Å². The van der Waals surface area contributed by atoms with Gasteiger partial charge < -0.3 is 4.42 Å². The van der Waals surface area contributed by atoms with Crippen molar-refractivity contribution >= 4 is 21.9 Å². The minimum absolute atomic E-state index is 0.151. The van der Waals surface area contributed by atoms with E-state index in [2.05, 4.69) is 112 Å². The highest BCUT2D eigenvalue weighted by Gasteiger charge is 2.16. The van der Waals surface area contributed by atoms with E-state index >= 15 is 0 Å².